The van der Waals surface area contributed by atoms with Crippen LogP contribution < -0.4 is 36.0 Å². The Kier molecular flexibility index (Phi) is 8.82. The summed E-state index contributed by atoms with van der Waals surface area (Å²) in [6, 6.07) is 10.9. The number of nitrogens with zero attached hydrogens (tertiary/aromatic N) is 7. The number of amides is 2. The van der Waals surface area contributed by atoms with Crippen LogP contribution in [-0.4, -0.2) is 80.9 Å². The molecule has 0 bridgehead atoms. The summed E-state index contributed by atoms with van der Waals surface area (Å²) in [5.41, 5.74) is 3.93. The van der Waals surface area contributed by atoms with Gasteiger partial charge in [-0.1, -0.05) is 11.6 Å². The maximum Gasteiger partial charge on any atom is 0.301 e. The molecule has 2 amide bonds. The molecule has 3 N–H and O–H groups in total. The van der Waals surface area contributed by atoms with Crippen molar-refractivity contribution in [1.82, 2.24) is 29.6 Å². The molecule has 14 nitrogen and oxygen atoms in total. The zero-order valence-corrected chi connectivity index (χ0v) is 33.8. The summed E-state index contributed by atoms with van der Waals surface area (Å²) in [4.78, 5) is 51.5. The van der Waals surface area contributed by atoms with Gasteiger partial charge >= 0.3 is 5.92 Å². The maximum absolute atomic E-state index is 15.2. The number of aromatic nitrogens is 5. The first-order valence-corrected chi connectivity index (χ1v) is 20.7. The molecule has 2 atom stereocenters. The molecular formula is C42H45ClF2N10O4. The van der Waals surface area contributed by atoms with Crippen molar-refractivity contribution < 1.29 is 23.1 Å². The van der Waals surface area contributed by atoms with E-state index in [1.54, 1.807) is 31.4 Å². The van der Waals surface area contributed by atoms with Crippen LogP contribution in [0.5, 0.6) is 5.75 Å². The number of ether oxygens (including phenoxy) is 1. The Morgan fingerprint density at radius 3 is 2.51 bits per heavy atom. The van der Waals surface area contributed by atoms with Gasteiger partial charge in [0.25, 0.3) is 5.56 Å². The van der Waals surface area contributed by atoms with Crippen LogP contribution >= 0.6 is 11.6 Å². The van der Waals surface area contributed by atoms with Gasteiger partial charge in [-0.05, 0) is 87.3 Å². The third kappa shape index (κ3) is 6.50. The van der Waals surface area contributed by atoms with Gasteiger partial charge in [-0.2, -0.15) is 10.1 Å². The minimum atomic E-state index is -3.13. The topological polar surface area (TPSA) is 152 Å². The van der Waals surface area contributed by atoms with E-state index in [-0.39, 0.29) is 34.6 Å². The lowest BCUT2D eigenvalue weighted by atomic mass is 9.67. The van der Waals surface area contributed by atoms with E-state index in [4.69, 9.17) is 26.4 Å². The highest BCUT2D eigenvalue weighted by atomic mass is 35.5. The van der Waals surface area contributed by atoms with E-state index in [9.17, 15) is 14.4 Å². The van der Waals surface area contributed by atoms with Crippen LogP contribution in [0.3, 0.4) is 0 Å². The fraction of sp³-hybridized carbons (Fsp3) is 0.476. The Balaban J connectivity index is 0.812. The standard InChI is InChI=1S/C42H45ClF2N10O4/c1-52(25-7-8-26-31(17-25)54(3)51-33(26)27-9-11-32(56)48-38(27)57)24-12-14-41(15-13-24)19-55(20-41)40-46-18-29(43)37(50-40)47-23-6-10-30-28(16-23)34-35(39(58)53(30)2)59-21-42(44,45)36(49-34)22-4-5-22/h6-8,10,16-18,22,24,27,36,49H,4-5,9,11-15,19-21H2,1-3H3,(H,46,47,50)(H,48,56,57)/t27?,36-/m0/s1. The number of carbonyl (C=O) groups excluding carboxylic acids is 2. The summed E-state index contributed by atoms with van der Waals surface area (Å²) in [6.45, 7) is 0.814. The SMILES string of the molecule is CN(c1ccc2c(C3CCC(=O)NC3=O)nn(C)c2c1)C1CCC2(CC1)CN(c1ncc(Cl)c(Nc3ccc4c(c3)c3c(c(=O)n4C)OCC(F)(F)[C@H](C4CC4)N3)n1)C2. The van der Waals surface area contributed by atoms with Gasteiger partial charge in [0.1, 0.15) is 5.02 Å². The number of fused-ring (bicyclic) bond motifs is 4. The second-order valence-corrected chi connectivity index (χ2v) is 17.6. The van der Waals surface area contributed by atoms with Crippen LogP contribution in [0.1, 0.15) is 63.0 Å². The van der Waals surface area contributed by atoms with Gasteiger partial charge in [0.2, 0.25) is 23.5 Å². The minimum absolute atomic E-state index is 0.108. The van der Waals surface area contributed by atoms with Crippen LogP contribution in [0.25, 0.3) is 21.8 Å². The molecule has 2 saturated heterocycles. The van der Waals surface area contributed by atoms with Crippen LogP contribution in [-0.2, 0) is 23.7 Å². The lowest BCUT2D eigenvalue weighted by Crippen LogP contribution is -2.59. The summed E-state index contributed by atoms with van der Waals surface area (Å²) in [6.07, 6.45) is 7.98. The Morgan fingerprint density at radius 1 is 0.983 bits per heavy atom. The van der Waals surface area contributed by atoms with Crippen molar-refractivity contribution in [3.8, 4) is 5.75 Å². The molecule has 1 spiro atoms. The van der Waals surface area contributed by atoms with Crippen molar-refractivity contribution in [2.45, 2.75) is 75.3 Å². The third-order valence-electron chi connectivity index (χ3n) is 13.3. The molecule has 6 heterocycles. The smallest absolute Gasteiger partial charge is 0.301 e. The van der Waals surface area contributed by atoms with E-state index in [1.165, 1.54) is 4.57 Å². The van der Waals surface area contributed by atoms with E-state index < -0.39 is 30.0 Å². The Bertz CT molecular complexity index is 2610. The first kappa shape index (κ1) is 37.7. The van der Waals surface area contributed by atoms with Gasteiger partial charge < -0.3 is 29.7 Å². The number of imide groups is 1. The van der Waals surface area contributed by atoms with Crippen LogP contribution in [0.4, 0.5) is 37.6 Å². The monoisotopic (exact) mass is 826 g/mol. The number of pyridine rings is 1. The first-order chi connectivity index (χ1) is 28.3. The molecule has 17 heteroatoms. The molecule has 5 aromatic rings. The van der Waals surface area contributed by atoms with Crippen molar-refractivity contribution in [3.05, 3.63) is 63.7 Å². The van der Waals surface area contributed by atoms with Crippen molar-refractivity contribution in [2.24, 2.45) is 25.4 Å². The average molecular weight is 827 g/mol. The number of rotatable bonds is 7. The number of aryl methyl sites for hydroxylation is 2. The first-order valence-electron chi connectivity index (χ1n) is 20.3. The summed E-state index contributed by atoms with van der Waals surface area (Å²) in [5, 5.41) is 15.3. The predicted molar refractivity (Wildman–Crippen MR) is 221 cm³/mol. The molecule has 2 saturated carbocycles. The molecular weight excluding hydrogens is 782 g/mol. The molecule has 2 aromatic carbocycles. The Labute approximate surface area is 343 Å². The number of alkyl halides is 2. The predicted octanol–water partition coefficient (Wildman–Crippen LogP) is 6.24. The number of hydrogen-bond acceptors (Lipinski definition) is 11. The number of halogens is 3. The summed E-state index contributed by atoms with van der Waals surface area (Å²) in [5.74, 6) is -3.39. The van der Waals surface area contributed by atoms with Crippen LogP contribution in [0.2, 0.25) is 5.02 Å². The Morgan fingerprint density at radius 2 is 1.76 bits per heavy atom. The van der Waals surface area contributed by atoms with Gasteiger partial charge in [-0.3, -0.25) is 24.4 Å². The fourth-order valence-electron chi connectivity index (χ4n) is 9.76. The van der Waals surface area contributed by atoms with E-state index in [2.05, 4.69) is 49.9 Å². The molecule has 10 rings (SSSR count). The lowest BCUT2D eigenvalue weighted by molar-refractivity contribution is -0.134. The van der Waals surface area contributed by atoms with Crippen molar-refractivity contribution in [2.75, 3.05) is 47.2 Å². The molecule has 3 aromatic heterocycles. The highest BCUT2D eigenvalue weighted by Crippen LogP contribution is 2.48. The third-order valence-corrected chi connectivity index (χ3v) is 13.6. The van der Waals surface area contributed by atoms with E-state index >= 15 is 8.78 Å². The zero-order valence-electron chi connectivity index (χ0n) is 33.0. The molecule has 4 fully saturated rings. The fourth-order valence-corrected chi connectivity index (χ4v) is 9.90. The number of benzene rings is 2. The number of hydrogen-bond donors (Lipinski definition) is 3. The second kappa shape index (κ2) is 13.8. The number of nitrogens with one attached hydrogen (secondary N) is 3. The van der Waals surface area contributed by atoms with Crippen LogP contribution in [0, 0.1) is 11.3 Å². The molecule has 0 radical (unpaired) electrons. The van der Waals surface area contributed by atoms with Crippen molar-refractivity contribution in [1.29, 1.82) is 0 Å². The molecule has 59 heavy (non-hydrogen) atoms. The minimum Gasteiger partial charge on any atom is -0.480 e. The molecule has 5 aliphatic rings. The summed E-state index contributed by atoms with van der Waals surface area (Å²) < 4.78 is 39.1. The van der Waals surface area contributed by atoms with Gasteiger partial charge in [0, 0.05) is 74.3 Å². The molecule has 308 valence electrons. The number of anilines is 5. The van der Waals surface area contributed by atoms with Gasteiger partial charge in [-0.25, -0.2) is 13.8 Å². The number of piperidine rings is 1. The van der Waals surface area contributed by atoms with Gasteiger partial charge in [0.05, 0.1) is 40.6 Å². The van der Waals surface area contributed by atoms with E-state index in [1.807, 2.05) is 17.8 Å². The summed E-state index contributed by atoms with van der Waals surface area (Å²) >= 11 is 6.63. The highest BCUT2D eigenvalue weighted by Gasteiger charge is 2.51. The van der Waals surface area contributed by atoms with Gasteiger partial charge in [-0.15, -0.1) is 0 Å². The normalized spacial score (nSPS) is 22.6. The van der Waals surface area contributed by atoms with Crippen LogP contribution in [0.15, 0.2) is 47.4 Å². The molecule has 2 aliphatic carbocycles. The molecule has 1 unspecified atom stereocenters. The zero-order chi connectivity index (χ0) is 41.0. The van der Waals surface area contributed by atoms with E-state index in [0.717, 1.165) is 55.4 Å². The van der Waals surface area contributed by atoms with E-state index in [0.29, 0.717) is 70.8 Å². The van der Waals surface area contributed by atoms with Gasteiger partial charge in [0.15, 0.2) is 12.4 Å². The quantitative estimate of drug-likeness (QED) is 0.160. The van der Waals surface area contributed by atoms with Crippen molar-refractivity contribution >= 4 is 74.0 Å². The largest absolute Gasteiger partial charge is 0.480 e. The lowest BCUT2D eigenvalue weighted by Gasteiger charge is -2.54. The average Bonchev–Trinajstić information content (AvgIpc) is 4.01. The molecule has 3 aliphatic heterocycles. The maximum atomic E-state index is 15.2. The second-order valence-electron chi connectivity index (χ2n) is 17.2. The summed E-state index contributed by atoms with van der Waals surface area (Å²) in [7, 11) is 5.64. The highest BCUT2D eigenvalue weighted by molar-refractivity contribution is 6.33. The van der Waals surface area contributed by atoms with Crippen molar-refractivity contribution in [3.63, 3.8) is 0 Å². The Hall–Kier alpha value is -5.51. The number of carbonyl (C=O) groups is 2.